The minimum atomic E-state index is -3.82. The van der Waals surface area contributed by atoms with Crippen LogP contribution in [-0.2, 0) is 20.0 Å². The molecule has 0 saturated heterocycles. The lowest BCUT2D eigenvalue weighted by Crippen LogP contribution is -2.14. The summed E-state index contributed by atoms with van der Waals surface area (Å²) >= 11 is 12.5. The summed E-state index contributed by atoms with van der Waals surface area (Å²) in [5.74, 6) is 0. The third-order valence-electron chi connectivity index (χ3n) is 3.33. The quantitative estimate of drug-likeness (QED) is 0.556. The van der Waals surface area contributed by atoms with E-state index in [1.807, 2.05) is 0 Å². The van der Waals surface area contributed by atoms with E-state index in [1.165, 1.54) is 48.5 Å². The van der Waals surface area contributed by atoms with E-state index in [9.17, 15) is 16.8 Å². The Bertz CT molecular complexity index is 1160. The standard InChI is InChI=1S/C16H12Cl2N2O4S3/c17-11-1-3-12(4-2-11)19-26(21,22)14-7-5-13(6-8-14)20-27(23,24)16-10-9-15(18)25-16/h1-10,19-20H. The van der Waals surface area contributed by atoms with Crippen molar-refractivity contribution in [1.82, 2.24) is 0 Å². The van der Waals surface area contributed by atoms with Crippen molar-refractivity contribution < 1.29 is 16.8 Å². The van der Waals surface area contributed by atoms with Crippen LogP contribution in [0.1, 0.15) is 0 Å². The van der Waals surface area contributed by atoms with E-state index >= 15 is 0 Å². The number of hydrogen-bond donors (Lipinski definition) is 2. The Morgan fingerprint density at radius 1 is 0.667 bits per heavy atom. The van der Waals surface area contributed by atoms with Crippen LogP contribution >= 0.6 is 34.5 Å². The van der Waals surface area contributed by atoms with E-state index in [-0.39, 0.29) is 14.8 Å². The minimum absolute atomic E-state index is 0.0143. The topological polar surface area (TPSA) is 92.3 Å². The van der Waals surface area contributed by atoms with Gasteiger partial charge in [-0.25, -0.2) is 16.8 Å². The molecule has 11 heteroatoms. The van der Waals surface area contributed by atoms with Gasteiger partial charge in [-0.2, -0.15) is 0 Å². The van der Waals surface area contributed by atoms with Gasteiger partial charge in [0.1, 0.15) is 4.21 Å². The fraction of sp³-hybridized carbons (Fsp3) is 0. The monoisotopic (exact) mass is 462 g/mol. The number of thiophene rings is 1. The molecule has 142 valence electrons. The van der Waals surface area contributed by atoms with E-state index in [2.05, 4.69) is 9.44 Å². The average molecular weight is 463 g/mol. The molecule has 3 aromatic rings. The summed E-state index contributed by atoms with van der Waals surface area (Å²) in [5.41, 5.74) is 0.587. The highest BCUT2D eigenvalue weighted by atomic mass is 35.5. The number of nitrogens with one attached hydrogen (secondary N) is 2. The predicted molar refractivity (Wildman–Crippen MR) is 109 cm³/mol. The second kappa shape index (κ2) is 7.69. The zero-order chi connectivity index (χ0) is 19.7. The average Bonchev–Trinajstić information content (AvgIpc) is 3.04. The Balaban J connectivity index is 1.77. The van der Waals surface area contributed by atoms with Crippen LogP contribution in [0, 0.1) is 0 Å². The van der Waals surface area contributed by atoms with Crippen LogP contribution in [-0.4, -0.2) is 16.8 Å². The van der Waals surface area contributed by atoms with Crippen molar-refractivity contribution in [3.63, 3.8) is 0 Å². The van der Waals surface area contributed by atoms with Crippen molar-refractivity contribution in [2.45, 2.75) is 9.10 Å². The van der Waals surface area contributed by atoms with Crippen LogP contribution in [0.3, 0.4) is 0 Å². The van der Waals surface area contributed by atoms with Gasteiger partial charge in [-0.1, -0.05) is 23.2 Å². The molecular weight excluding hydrogens is 451 g/mol. The highest BCUT2D eigenvalue weighted by molar-refractivity contribution is 7.94. The second-order valence-corrected chi connectivity index (χ2v) is 11.0. The highest BCUT2D eigenvalue weighted by Gasteiger charge is 2.18. The van der Waals surface area contributed by atoms with Gasteiger partial charge in [-0.15, -0.1) is 11.3 Å². The summed E-state index contributed by atoms with van der Waals surface area (Å²) in [6, 6.07) is 14.4. The molecule has 0 unspecified atom stereocenters. The third-order valence-corrected chi connectivity index (χ3v) is 8.08. The van der Waals surface area contributed by atoms with Crippen LogP contribution in [0.2, 0.25) is 9.36 Å². The summed E-state index contributed by atoms with van der Waals surface area (Å²) in [4.78, 5) is -0.0143. The van der Waals surface area contributed by atoms with Crippen LogP contribution in [0.5, 0.6) is 0 Å². The first kappa shape index (κ1) is 20.0. The Morgan fingerprint density at radius 2 is 1.19 bits per heavy atom. The summed E-state index contributed by atoms with van der Waals surface area (Å²) in [5, 5.41) is 0.488. The minimum Gasteiger partial charge on any atom is -0.280 e. The third kappa shape index (κ3) is 4.94. The van der Waals surface area contributed by atoms with E-state index in [1.54, 1.807) is 12.1 Å². The first-order valence-corrected chi connectivity index (χ1v) is 11.9. The van der Waals surface area contributed by atoms with E-state index in [4.69, 9.17) is 23.2 Å². The first-order valence-electron chi connectivity index (χ1n) is 7.32. The maximum absolute atomic E-state index is 12.4. The number of anilines is 2. The molecule has 0 radical (unpaired) electrons. The van der Waals surface area contributed by atoms with Crippen molar-refractivity contribution in [2.75, 3.05) is 9.44 Å². The fourth-order valence-corrected chi connectivity index (χ4v) is 5.81. The highest BCUT2D eigenvalue weighted by Crippen LogP contribution is 2.27. The summed E-state index contributed by atoms with van der Waals surface area (Å²) in [6.07, 6.45) is 0. The zero-order valence-corrected chi connectivity index (χ0v) is 17.3. The molecule has 0 bridgehead atoms. The smallest absolute Gasteiger partial charge is 0.271 e. The van der Waals surface area contributed by atoms with Crippen LogP contribution < -0.4 is 9.44 Å². The molecular formula is C16H12Cl2N2O4S3. The van der Waals surface area contributed by atoms with Crippen molar-refractivity contribution >= 4 is 66.0 Å². The van der Waals surface area contributed by atoms with E-state index < -0.39 is 20.0 Å². The predicted octanol–water partition coefficient (Wildman–Crippen LogP) is 4.66. The molecule has 0 fully saturated rings. The normalized spacial score (nSPS) is 11.9. The zero-order valence-electron chi connectivity index (χ0n) is 13.4. The SMILES string of the molecule is O=S(=O)(Nc1ccc(Cl)cc1)c1ccc(NS(=O)(=O)c2ccc(Cl)s2)cc1. The molecule has 1 heterocycles. The van der Waals surface area contributed by atoms with Gasteiger partial charge in [0.2, 0.25) is 0 Å². The maximum Gasteiger partial charge on any atom is 0.271 e. The molecule has 0 spiro atoms. The van der Waals surface area contributed by atoms with Crippen molar-refractivity contribution in [1.29, 1.82) is 0 Å². The molecule has 6 nitrogen and oxygen atoms in total. The molecule has 1 aromatic heterocycles. The molecule has 0 saturated carbocycles. The van der Waals surface area contributed by atoms with Crippen molar-refractivity contribution in [3.8, 4) is 0 Å². The number of hydrogen-bond acceptors (Lipinski definition) is 5. The Labute approximate surface area is 170 Å². The van der Waals surface area contributed by atoms with Crippen molar-refractivity contribution in [3.05, 3.63) is 70.0 Å². The number of rotatable bonds is 6. The van der Waals surface area contributed by atoms with Crippen LogP contribution in [0.25, 0.3) is 0 Å². The fourth-order valence-electron chi connectivity index (χ4n) is 2.08. The Morgan fingerprint density at radius 3 is 1.70 bits per heavy atom. The lowest BCUT2D eigenvalue weighted by Gasteiger charge is -2.10. The lowest BCUT2D eigenvalue weighted by molar-refractivity contribution is 0.600. The Hall–Kier alpha value is -1.78. The van der Waals surface area contributed by atoms with Gasteiger partial charge in [0, 0.05) is 16.4 Å². The molecule has 0 aliphatic heterocycles. The number of halogens is 2. The summed E-state index contributed by atoms with van der Waals surface area (Å²) in [7, 11) is -7.61. The van der Waals surface area contributed by atoms with Gasteiger partial charge < -0.3 is 0 Å². The molecule has 0 aliphatic rings. The number of sulfonamides is 2. The van der Waals surface area contributed by atoms with Gasteiger partial charge >= 0.3 is 0 Å². The van der Waals surface area contributed by atoms with E-state index in [0.717, 1.165) is 11.3 Å². The molecule has 0 atom stereocenters. The van der Waals surface area contributed by atoms with Gasteiger partial charge in [0.15, 0.2) is 0 Å². The molecule has 27 heavy (non-hydrogen) atoms. The van der Waals surface area contributed by atoms with Crippen molar-refractivity contribution in [2.24, 2.45) is 0 Å². The summed E-state index contributed by atoms with van der Waals surface area (Å²) < 4.78 is 54.6. The Kier molecular flexibility index (Phi) is 5.68. The lowest BCUT2D eigenvalue weighted by atomic mass is 10.3. The van der Waals surface area contributed by atoms with Gasteiger partial charge in [-0.05, 0) is 60.7 Å². The van der Waals surface area contributed by atoms with Crippen LogP contribution in [0.4, 0.5) is 11.4 Å². The molecule has 0 amide bonds. The molecule has 2 N–H and O–H groups in total. The second-order valence-electron chi connectivity index (χ2n) is 5.30. The first-order chi connectivity index (χ1) is 12.7. The maximum atomic E-state index is 12.4. The number of benzene rings is 2. The van der Waals surface area contributed by atoms with Crippen LogP contribution in [0.15, 0.2) is 69.8 Å². The van der Waals surface area contributed by atoms with Gasteiger partial charge in [-0.3, -0.25) is 9.44 Å². The molecule has 2 aromatic carbocycles. The molecule has 0 aliphatic carbocycles. The largest absolute Gasteiger partial charge is 0.280 e. The van der Waals surface area contributed by atoms with Gasteiger partial charge in [0.05, 0.1) is 9.23 Å². The van der Waals surface area contributed by atoms with E-state index in [0.29, 0.717) is 15.0 Å². The summed E-state index contributed by atoms with van der Waals surface area (Å²) in [6.45, 7) is 0. The van der Waals surface area contributed by atoms with Gasteiger partial charge in [0.25, 0.3) is 20.0 Å². The molecule has 3 rings (SSSR count).